The molecule has 0 radical (unpaired) electrons. The molecule has 1 aromatic carbocycles. The molecule has 0 unspecified atom stereocenters. The van der Waals surface area contributed by atoms with Crippen LogP contribution in [0.1, 0.15) is 27.9 Å². The lowest BCUT2D eigenvalue weighted by atomic mass is 10.2. The Morgan fingerprint density at radius 2 is 1.67 bits per heavy atom. The molecule has 1 amide bonds. The Balaban J connectivity index is 1.66. The molecule has 1 aliphatic rings. The van der Waals surface area contributed by atoms with Crippen LogP contribution >= 0.6 is 0 Å². The number of benzene rings is 1. The van der Waals surface area contributed by atoms with Crippen molar-refractivity contribution in [3.05, 3.63) is 47.8 Å². The Labute approximate surface area is 141 Å². The van der Waals surface area contributed by atoms with E-state index in [1.807, 2.05) is 29.2 Å². The highest BCUT2D eigenvalue weighted by molar-refractivity contribution is 5.97. The molecule has 0 atom stereocenters. The van der Waals surface area contributed by atoms with Crippen LogP contribution < -0.4 is 9.64 Å². The third-order valence-electron chi connectivity index (χ3n) is 4.29. The lowest BCUT2D eigenvalue weighted by Crippen LogP contribution is -2.49. The number of Topliss-reactive ketones (excluding diaryl/α,β-unsaturated/α-hetero) is 1. The van der Waals surface area contributed by atoms with Gasteiger partial charge in [0.05, 0.1) is 18.5 Å². The van der Waals surface area contributed by atoms with Crippen molar-refractivity contribution in [2.45, 2.75) is 6.92 Å². The summed E-state index contributed by atoms with van der Waals surface area (Å²) in [5.41, 5.74) is 1.97. The number of ether oxygens (including phenoxy) is 1. The molecule has 3 rings (SSSR count). The van der Waals surface area contributed by atoms with E-state index in [2.05, 4.69) is 9.88 Å². The van der Waals surface area contributed by atoms with Gasteiger partial charge < -0.3 is 19.5 Å². The highest BCUT2D eigenvalue weighted by Crippen LogP contribution is 2.28. The van der Waals surface area contributed by atoms with E-state index in [1.54, 1.807) is 19.2 Å². The van der Waals surface area contributed by atoms with Gasteiger partial charge in [-0.15, -0.1) is 0 Å². The van der Waals surface area contributed by atoms with Gasteiger partial charge in [0.15, 0.2) is 5.78 Å². The minimum absolute atomic E-state index is 0.0674. The maximum atomic E-state index is 12.5. The molecule has 1 N–H and O–H groups in total. The Morgan fingerprint density at radius 3 is 2.29 bits per heavy atom. The quantitative estimate of drug-likeness (QED) is 0.874. The van der Waals surface area contributed by atoms with Crippen molar-refractivity contribution >= 4 is 17.4 Å². The van der Waals surface area contributed by atoms with Crippen molar-refractivity contribution in [2.75, 3.05) is 38.2 Å². The van der Waals surface area contributed by atoms with Crippen LogP contribution in [0.5, 0.6) is 5.75 Å². The van der Waals surface area contributed by atoms with E-state index in [0.717, 1.165) is 24.5 Å². The molecular weight excluding hydrogens is 306 g/mol. The lowest BCUT2D eigenvalue weighted by molar-refractivity contribution is 0.0741. The Kier molecular flexibility index (Phi) is 4.55. The first-order chi connectivity index (χ1) is 11.6. The molecule has 6 nitrogen and oxygen atoms in total. The largest absolute Gasteiger partial charge is 0.495 e. The van der Waals surface area contributed by atoms with Crippen molar-refractivity contribution in [2.24, 2.45) is 0 Å². The van der Waals surface area contributed by atoms with Crippen LogP contribution in [0.25, 0.3) is 0 Å². The van der Waals surface area contributed by atoms with E-state index in [1.165, 1.54) is 6.92 Å². The molecule has 1 aliphatic heterocycles. The van der Waals surface area contributed by atoms with E-state index in [9.17, 15) is 9.59 Å². The highest BCUT2D eigenvalue weighted by Gasteiger charge is 2.24. The molecule has 0 bridgehead atoms. The predicted octanol–water partition coefficient (Wildman–Crippen LogP) is 2.19. The van der Waals surface area contributed by atoms with Gasteiger partial charge in [0.1, 0.15) is 11.4 Å². The topological polar surface area (TPSA) is 65.6 Å². The molecule has 1 saturated heterocycles. The normalized spacial score (nSPS) is 14.6. The molecule has 0 spiro atoms. The van der Waals surface area contributed by atoms with Crippen LogP contribution in [0.15, 0.2) is 36.4 Å². The fraction of sp³-hybridized carbons (Fsp3) is 0.333. The zero-order chi connectivity index (χ0) is 17.1. The summed E-state index contributed by atoms with van der Waals surface area (Å²) in [4.78, 5) is 30.8. The summed E-state index contributed by atoms with van der Waals surface area (Å²) in [6.45, 7) is 4.22. The summed E-state index contributed by atoms with van der Waals surface area (Å²) < 4.78 is 5.41. The first-order valence-electron chi connectivity index (χ1n) is 7.97. The molecule has 6 heteroatoms. The molecule has 2 aromatic rings. The second-order valence-electron chi connectivity index (χ2n) is 5.79. The molecule has 24 heavy (non-hydrogen) atoms. The van der Waals surface area contributed by atoms with Crippen molar-refractivity contribution in [3.63, 3.8) is 0 Å². The van der Waals surface area contributed by atoms with E-state index >= 15 is 0 Å². The Bertz CT molecular complexity index is 745. The maximum Gasteiger partial charge on any atom is 0.270 e. The Hall–Kier alpha value is -2.76. The molecule has 2 heterocycles. The van der Waals surface area contributed by atoms with Gasteiger partial charge in [-0.25, -0.2) is 0 Å². The van der Waals surface area contributed by atoms with Crippen LogP contribution in [-0.2, 0) is 0 Å². The zero-order valence-corrected chi connectivity index (χ0v) is 13.9. The average molecular weight is 327 g/mol. The van der Waals surface area contributed by atoms with Gasteiger partial charge in [0, 0.05) is 33.1 Å². The number of methoxy groups -OCH3 is 1. The number of nitrogens with zero attached hydrogens (tertiary/aromatic N) is 2. The summed E-state index contributed by atoms with van der Waals surface area (Å²) >= 11 is 0. The Morgan fingerprint density at radius 1 is 1.00 bits per heavy atom. The van der Waals surface area contributed by atoms with E-state index in [0.29, 0.717) is 24.5 Å². The third-order valence-corrected chi connectivity index (χ3v) is 4.29. The van der Waals surface area contributed by atoms with Gasteiger partial charge in [-0.05, 0) is 24.3 Å². The smallest absolute Gasteiger partial charge is 0.270 e. The van der Waals surface area contributed by atoms with Gasteiger partial charge in [0.25, 0.3) is 5.91 Å². The van der Waals surface area contributed by atoms with E-state index in [4.69, 9.17) is 4.74 Å². The number of aromatic amines is 1. The number of para-hydroxylation sites is 2. The first kappa shape index (κ1) is 16.1. The summed E-state index contributed by atoms with van der Waals surface area (Å²) in [5.74, 6) is 0.699. The number of nitrogens with one attached hydrogen (secondary N) is 1. The number of hydrogen-bond donors (Lipinski definition) is 1. The monoisotopic (exact) mass is 327 g/mol. The lowest BCUT2D eigenvalue weighted by Gasteiger charge is -2.36. The zero-order valence-electron chi connectivity index (χ0n) is 13.9. The number of ketones is 1. The fourth-order valence-corrected chi connectivity index (χ4v) is 2.94. The van der Waals surface area contributed by atoms with Crippen molar-refractivity contribution in [1.29, 1.82) is 0 Å². The third kappa shape index (κ3) is 3.13. The summed E-state index contributed by atoms with van der Waals surface area (Å²) in [6.07, 6.45) is 0. The number of aromatic nitrogens is 1. The summed E-state index contributed by atoms with van der Waals surface area (Å²) in [5, 5.41) is 0. The highest BCUT2D eigenvalue weighted by atomic mass is 16.5. The van der Waals surface area contributed by atoms with Gasteiger partial charge in [-0.1, -0.05) is 12.1 Å². The first-order valence-corrected chi connectivity index (χ1v) is 7.97. The SMILES string of the molecule is COc1ccccc1N1CCN(C(=O)c2ccc(C(C)=O)[nH]2)CC1. The summed E-state index contributed by atoms with van der Waals surface area (Å²) in [7, 11) is 1.66. The van der Waals surface area contributed by atoms with Crippen LogP contribution in [0.4, 0.5) is 5.69 Å². The molecule has 1 fully saturated rings. The number of anilines is 1. The van der Waals surface area contributed by atoms with Gasteiger partial charge >= 0.3 is 0 Å². The second-order valence-corrected chi connectivity index (χ2v) is 5.79. The number of rotatable bonds is 4. The molecule has 0 aliphatic carbocycles. The minimum Gasteiger partial charge on any atom is -0.495 e. The van der Waals surface area contributed by atoms with Crippen molar-refractivity contribution in [1.82, 2.24) is 9.88 Å². The molecule has 0 saturated carbocycles. The fourth-order valence-electron chi connectivity index (χ4n) is 2.94. The molecule has 1 aromatic heterocycles. The minimum atomic E-state index is -0.0740. The second kappa shape index (κ2) is 6.78. The molecule has 126 valence electrons. The van der Waals surface area contributed by atoms with Crippen LogP contribution in [0, 0.1) is 0 Å². The molecular formula is C18H21N3O3. The number of carbonyl (C=O) groups excluding carboxylic acids is 2. The van der Waals surface area contributed by atoms with Crippen LogP contribution in [-0.4, -0.2) is 54.9 Å². The van der Waals surface area contributed by atoms with Crippen LogP contribution in [0.2, 0.25) is 0 Å². The van der Waals surface area contributed by atoms with Crippen molar-refractivity contribution in [3.8, 4) is 5.75 Å². The standard InChI is InChI=1S/C18H21N3O3/c1-13(22)14-7-8-15(19-14)18(23)21-11-9-20(10-12-21)16-5-3-4-6-17(16)24-2/h3-8,19H,9-12H2,1-2H3. The van der Waals surface area contributed by atoms with Gasteiger partial charge in [0.2, 0.25) is 0 Å². The predicted molar refractivity (Wildman–Crippen MR) is 91.9 cm³/mol. The van der Waals surface area contributed by atoms with E-state index in [-0.39, 0.29) is 11.7 Å². The van der Waals surface area contributed by atoms with Crippen molar-refractivity contribution < 1.29 is 14.3 Å². The number of H-pyrrole nitrogens is 1. The number of piperazine rings is 1. The number of carbonyl (C=O) groups is 2. The van der Waals surface area contributed by atoms with Gasteiger partial charge in [-0.3, -0.25) is 9.59 Å². The van der Waals surface area contributed by atoms with E-state index < -0.39 is 0 Å². The number of amides is 1. The average Bonchev–Trinajstić information content (AvgIpc) is 3.11. The number of hydrogen-bond acceptors (Lipinski definition) is 4. The summed E-state index contributed by atoms with van der Waals surface area (Å²) in [6, 6.07) is 11.2. The maximum absolute atomic E-state index is 12.5. The van der Waals surface area contributed by atoms with Gasteiger partial charge in [-0.2, -0.15) is 0 Å². The van der Waals surface area contributed by atoms with Crippen LogP contribution in [0.3, 0.4) is 0 Å².